The molecule has 4 fully saturated rings. The maximum absolute atomic E-state index is 12.2. The van der Waals surface area contributed by atoms with Crippen molar-refractivity contribution in [1.29, 1.82) is 0 Å². The summed E-state index contributed by atoms with van der Waals surface area (Å²) in [6.07, 6.45) is 10.3. The summed E-state index contributed by atoms with van der Waals surface area (Å²) in [5.41, 5.74) is 8.51. The van der Waals surface area contributed by atoms with E-state index in [4.69, 9.17) is 5.53 Å². The molecule has 9 nitrogen and oxygen atoms in total. The SMILES string of the molecule is C[C@]12CCC(=O)C[C@@H]1CC[C@@H]1[C@@H]2CC[C@@]2(C)[C@H]1CC[C@@]2(O)CCCNc1ccc(N=[N+]=[N-])cc1[N+](=O)[O-]. The highest BCUT2D eigenvalue weighted by Crippen LogP contribution is 2.68. The van der Waals surface area contributed by atoms with Crippen molar-refractivity contribution in [1.82, 2.24) is 0 Å². The zero-order chi connectivity index (χ0) is 26.4. The summed E-state index contributed by atoms with van der Waals surface area (Å²) < 4.78 is 0. The van der Waals surface area contributed by atoms with E-state index in [-0.39, 0.29) is 22.2 Å². The van der Waals surface area contributed by atoms with Crippen molar-refractivity contribution in [3.05, 3.63) is 38.8 Å². The zero-order valence-corrected chi connectivity index (χ0v) is 22.0. The van der Waals surface area contributed by atoms with Crippen molar-refractivity contribution in [2.75, 3.05) is 11.9 Å². The molecule has 0 aromatic heterocycles. The van der Waals surface area contributed by atoms with Crippen molar-refractivity contribution in [3.8, 4) is 0 Å². The molecule has 5 rings (SSSR count). The predicted molar refractivity (Wildman–Crippen MR) is 141 cm³/mol. The summed E-state index contributed by atoms with van der Waals surface area (Å²) in [4.78, 5) is 25.9. The lowest BCUT2D eigenvalue weighted by Gasteiger charge is -2.61. The second-order valence-corrected chi connectivity index (χ2v) is 12.6. The summed E-state index contributed by atoms with van der Waals surface area (Å²) >= 11 is 0. The van der Waals surface area contributed by atoms with Crippen LogP contribution in [0.5, 0.6) is 0 Å². The maximum atomic E-state index is 12.2. The minimum Gasteiger partial charge on any atom is -0.389 e. The molecule has 37 heavy (non-hydrogen) atoms. The van der Waals surface area contributed by atoms with Gasteiger partial charge in [-0.3, -0.25) is 14.9 Å². The quantitative estimate of drug-likeness (QED) is 0.101. The standard InChI is InChI=1S/C28H39N5O4/c1-26-12-8-20(34)16-18(26)4-6-21-22(26)9-13-27(2)23(21)10-14-28(27,35)11-3-15-30-24-7-5-19(31-32-29)17-25(24)33(36)37/h5,7,17-18,21-23,30,35H,3-4,6,8-16H2,1-2H3/t18-,21+,22-,23-,26-,27-,28-/m0/s1. The summed E-state index contributed by atoms with van der Waals surface area (Å²) in [6, 6.07) is 4.40. The Bertz CT molecular complexity index is 1140. The predicted octanol–water partition coefficient (Wildman–Crippen LogP) is 7.07. The van der Waals surface area contributed by atoms with Gasteiger partial charge in [-0.15, -0.1) is 0 Å². The van der Waals surface area contributed by atoms with Gasteiger partial charge in [0.1, 0.15) is 11.5 Å². The Kier molecular flexibility index (Phi) is 6.73. The molecule has 0 radical (unpaired) electrons. The first-order chi connectivity index (χ1) is 17.6. The molecule has 2 N–H and O–H groups in total. The fourth-order valence-electron chi connectivity index (χ4n) is 9.10. The van der Waals surface area contributed by atoms with Crippen molar-refractivity contribution >= 4 is 22.8 Å². The van der Waals surface area contributed by atoms with E-state index in [9.17, 15) is 20.0 Å². The number of carbonyl (C=O) groups excluding carboxylic acids is 1. The number of nitrogens with zero attached hydrogens (tertiary/aromatic N) is 4. The number of aliphatic hydroxyl groups is 1. The highest BCUT2D eigenvalue weighted by molar-refractivity contribution is 5.79. The number of nitrogens with one attached hydrogen (secondary N) is 1. The molecule has 1 aromatic rings. The number of hydrogen-bond acceptors (Lipinski definition) is 6. The number of nitro benzene ring substituents is 1. The Hall–Kier alpha value is -2.64. The van der Waals surface area contributed by atoms with Crippen LogP contribution in [0.1, 0.15) is 84.5 Å². The molecular weight excluding hydrogens is 470 g/mol. The maximum Gasteiger partial charge on any atom is 0.292 e. The fourth-order valence-corrected chi connectivity index (χ4v) is 9.10. The topological polar surface area (TPSA) is 141 Å². The van der Waals surface area contributed by atoms with Crippen LogP contribution in [0.15, 0.2) is 23.3 Å². The van der Waals surface area contributed by atoms with E-state index in [0.717, 1.165) is 51.4 Å². The van der Waals surface area contributed by atoms with E-state index >= 15 is 0 Å². The molecule has 0 amide bonds. The van der Waals surface area contributed by atoms with Crippen LogP contribution in [0, 0.1) is 44.6 Å². The van der Waals surface area contributed by atoms with Gasteiger partial charge in [0.15, 0.2) is 0 Å². The minimum atomic E-state index is -0.720. The van der Waals surface area contributed by atoms with Crippen molar-refractivity contribution in [2.45, 2.75) is 90.1 Å². The average molecular weight is 510 g/mol. The third kappa shape index (κ3) is 4.30. The third-order valence-corrected chi connectivity index (χ3v) is 11.2. The van der Waals surface area contributed by atoms with Gasteiger partial charge in [-0.2, -0.15) is 0 Å². The minimum absolute atomic E-state index is 0.106. The fraction of sp³-hybridized carbons (Fsp3) is 0.750. The van der Waals surface area contributed by atoms with Crippen LogP contribution >= 0.6 is 0 Å². The van der Waals surface area contributed by atoms with Gasteiger partial charge in [-0.25, -0.2) is 0 Å². The van der Waals surface area contributed by atoms with Gasteiger partial charge >= 0.3 is 0 Å². The largest absolute Gasteiger partial charge is 0.389 e. The van der Waals surface area contributed by atoms with Gasteiger partial charge in [0.05, 0.1) is 10.5 Å². The van der Waals surface area contributed by atoms with Gasteiger partial charge in [0.25, 0.3) is 5.69 Å². The van der Waals surface area contributed by atoms with Gasteiger partial charge in [-0.05, 0) is 104 Å². The Morgan fingerprint density at radius 2 is 1.97 bits per heavy atom. The number of rotatable bonds is 7. The molecule has 0 bridgehead atoms. The van der Waals surface area contributed by atoms with E-state index in [2.05, 4.69) is 29.2 Å². The number of benzene rings is 1. The molecule has 1 aromatic carbocycles. The summed E-state index contributed by atoms with van der Waals surface area (Å²) in [7, 11) is 0. The molecule has 4 aliphatic rings. The number of ketones is 1. The molecule has 0 unspecified atom stereocenters. The Balaban J connectivity index is 1.23. The van der Waals surface area contributed by atoms with Crippen LogP contribution in [0.4, 0.5) is 17.1 Å². The molecule has 7 atom stereocenters. The van der Waals surface area contributed by atoms with E-state index in [1.54, 1.807) is 12.1 Å². The molecular formula is C28H39N5O4. The Morgan fingerprint density at radius 3 is 2.73 bits per heavy atom. The van der Waals surface area contributed by atoms with Crippen LogP contribution in [0.25, 0.3) is 10.4 Å². The van der Waals surface area contributed by atoms with Crippen molar-refractivity contribution in [2.24, 2.45) is 39.6 Å². The van der Waals surface area contributed by atoms with E-state index in [1.165, 1.54) is 12.5 Å². The number of carbonyl (C=O) groups is 1. The van der Waals surface area contributed by atoms with E-state index in [0.29, 0.717) is 54.5 Å². The third-order valence-electron chi connectivity index (χ3n) is 11.2. The van der Waals surface area contributed by atoms with E-state index < -0.39 is 10.5 Å². The van der Waals surface area contributed by atoms with Gasteiger partial charge in [0.2, 0.25) is 0 Å². The zero-order valence-electron chi connectivity index (χ0n) is 22.0. The first kappa shape index (κ1) is 26.0. The van der Waals surface area contributed by atoms with Crippen LogP contribution in [-0.2, 0) is 4.79 Å². The van der Waals surface area contributed by atoms with Crippen molar-refractivity contribution in [3.63, 3.8) is 0 Å². The second-order valence-electron chi connectivity index (χ2n) is 12.6. The lowest BCUT2D eigenvalue weighted by atomic mass is 9.44. The number of azide groups is 1. The smallest absolute Gasteiger partial charge is 0.292 e. The summed E-state index contributed by atoms with van der Waals surface area (Å²) in [5, 5.41) is 30.1. The molecule has 0 saturated heterocycles. The van der Waals surface area contributed by atoms with Gasteiger partial charge in [0, 0.05) is 36.1 Å². The average Bonchev–Trinajstić information content (AvgIpc) is 3.13. The Labute approximate surface area is 218 Å². The molecule has 0 spiro atoms. The van der Waals surface area contributed by atoms with Crippen LogP contribution in [0.3, 0.4) is 0 Å². The lowest BCUT2D eigenvalue weighted by Crippen LogP contribution is -2.56. The number of fused-ring (bicyclic) bond motifs is 5. The summed E-state index contributed by atoms with van der Waals surface area (Å²) in [6.45, 7) is 5.28. The molecule has 200 valence electrons. The van der Waals surface area contributed by atoms with Crippen LogP contribution in [0.2, 0.25) is 0 Å². The van der Waals surface area contributed by atoms with Crippen molar-refractivity contribution < 1.29 is 14.8 Å². The van der Waals surface area contributed by atoms with Gasteiger partial charge < -0.3 is 10.4 Å². The first-order valence-corrected chi connectivity index (χ1v) is 13.9. The highest BCUT2D eigenvalue weighted by Gasteiger charge is 2.64. The van der Waals surface area contributed by atoms with Crippen LogP contribution < -0.4 is 5.32 Å². The monoisotopic (exact) mass is 509 g/mol. The normalized spacial score (nSPS) is 38.6. The highest BCUT2D eigenvalue weighted by atomic mass is 16.6. The molecule has 9 heteroatoms. The molecule has 0 heterocycles. The summed E-state index contributed by atoms with van der Waals surface area (Å²) in [5.74, 6) is 2.81. The number of anilines is 1. The molecule has 4 aliphatic carbocycles. The number of nitro groups is 1. The van der Waals surface area contributed by atoms with Crippen LogP contribution in [-0.4, -0.2) is 28.0 Å². The number of Topliss-reactive ketones (excluding diaryl/α,β-unsaturated/α-hetero) is 1. The van der Waals surface area contributed by atoms with E-state index in [1.807, 2.05) is 0 Å². The molecule has 4 saturated carbocycles. The first-order valence-electron chi connectivity index (χ1n) is 13.9. The Morgan fingerprint density at radius 1 is 1.19 bits per heavy atom. The second kappa shape index (κ2) is 9.59. The molecule has 0 aliphatic heterocycles. The number of hydrogen-bond donors (Lipinski definition) is 2. The van der Waals surface area contributed by atoms with Gasteiger partial charge in [-0.1, -0.05) is 25.0 Å². The lowest BCUT2D eigenvalue weighted by molar-refractivity contribution is -0.383.